The van der Waals surface area contributed by atoms with Crippen molar-refractivity contribution in [2.75, 3.05) is 32.1 Å². The number of methoxy groups -OCH3 is 1. The first kappa shape index (κ1) is 20.6. The van der Waals surface area contributed by atoms with Crippen molar-refractivity contribution in [3.63, 3.8) is 0 Å². The van der Waals surface area contributed by atoms with Crippen LogP contribution in [0.5, 0.6) is 5.75 Å². The van der Waals surface area contributed by atoms with E-state index in [-0.39, 0.29) is 0 Å². The van der Waals surface area contributed by atoms with Gasteiger partial charge in [-0.2, -0.15) is 0 Å². The average Bonchev–Trinajstić information content (AvgIpc) is 2.66. The Bertz CT molecular complexity index is 708. The smallest absolute Gasteiger partial charge is 0.120 e. The van der Waals surface area contributed by atoms with Gasteiger partial charge in [0.2, 0.25) is 0 Å². The normalized spacial score (nSPS) is 13.3. The van der Waals surface area contributed by atoms with Crippen molar-refractivity contribution in [1.29, 1.82) is 0 Å². The number of nitrogens with one attached hydrogen (secondary N) is 1. The van der Waals surface area contributed by atoms with Crippen LogP contribution in [0.1, 0.15) is 30.6 Å². The highest BCUT2D eigenvalue weighted by molar-refractivity contribution is 7.80. The van der Waals surface area contributed by atoms with Gasteiger partial charge in [-0.1, -0.05) is 18.2 Å². The number of thiol groups is 1. The first-order valence-corrected chi connectivity index (χ1v) is 9.41. The maximum atomic E-state index is 10.4. The number of anilines is 1. The number of hydrogen-bond acceptors (Lipinski definition) is 5. The molecule has 2 rings (SSSR count). The number of aryl methyl sites for hydroxylation is 1. The summed E-state index contributed by atoms with van der Waals surface area (Å²) in [6.07, 6.45) is 0.468. The van der Waals surface area contributed by atoms with Crippen molar-refractivity contribution in [2.45, 2.75) is 37.3 Å². The van der Waals surface area contributed by atoms with E-state index in [2.05, 4.69) is 42.9 Å². The van der Waals surface area contributed by atoms with Crippen LogP contribution < -0.4 is 15.0 Å². The van der Waals surface area contributed by atoms with E-state index in [0.29, 0.717) is 12.6 Å². The van der Waals surface area contributed by atoms with Crippen LogP contribution in [0.2, 0.25) is 0 Å². The van der Waals surface area contributed by atoms with E-state index in [0.717, 1.165) is 40.4 Å². The predicted molar refractivity (Wildman–Crippen MR) is 112 cm³/mol. The molecule has 0 radical (unpaired) electrons. The number of benzene rings is 2. The third kappa shape index (κ3) is 5.94. The Morgan fingerprint density at radius 2 is 2.00 bits per heavy atom. The Balaban J connectivity index is 1.79. The SMILES string of the molecule is COc1cccc(N(C)CCC(C)NCC(O)c2ccc(S)c(C)c2)c1. The number of nitrogens with zero attached hydrogens (tertiary/aromatic N) is 1. The van der Waals surface area contributed by atoms with Crippen molar-refractivity contribution in [3.05, 3.63) is 53.6 Å². The minimum absolute atomic E-state index is 0.308. The first-order chi connectivity index (χ1) is 12.4. The van der Waals surface area contributed by atoms with Crippen molar-refractivity contribution >= 4 is 18.3 Å². The van der Waals surface area contributed by atoms with Gasteiger partial charge >= 0.3 is 0 Å². The van der Waals surface area contributed by atoms with Crippen molar-refractivity contribution in [3.8, 4) is 5.75 Å². The molecule has 2 N–H and O–H groups in total. The lowest BCUT2D eigenvalue weighted by Gasteiger charge is -2.23. The summed E-state index contributed by atoms with van der Waals surface area (Å²) < 4.78 is 5.28. The molecule has 26 heavy (non-hydrogen) atoms. The summed E-state index contributed by atoms with van der Waals surface area (Å²) in [5.74, 6) is 0.867. The fraction of sp³-hybridized carbons (Fsp3) is 0.429. The van der Waals surface area contributed by atoms with Crippen LogP contribution in [0, 0.1) is 6.92 Å². The van der Waals surface area contributed by atoms with Gasteiger partial charge in [0.15, 0.2) is 0 Å². The first-order valence-electron chi connectivity index (χ1n) is 8.97. The molecule has 0 aromatic heterocycles. The van der Waals surface area contributed by atoms with Crippen LogP contribution in [0.25, 0.3) is 0 Å². The summed E-state index contributed by atoms with van der Waals surface area (Å²) in [4.78, 5) is 3.16. The van der Waals surface area contributed by atoms with Crippen LogP contribution in [0.3, 0.4) is 0 Å². The summed E-state index contributed by atoms with van der Waals surface area (Å²) >= 11 is 4.38. The Labute approximate surface area is 162 Å². The van der Waals surface area contributed by atoms with Crippen LogP contribution >= 0.6 is 12.6 Å². The highest BCUT2D eigenvalue weighted by atomic mass is 32.1. The fourth-order valence-electron chi connectivity index (χ4n) is 2.78. The quantitative estimate of drug-likeness (QED) is 0.584. The lowest BCUT2D eigenvalue weighted by atomic mass is 10.1. The van der Waals surface area contributed by atoms with Gasteiger partial charge in [-0.25, -0.2) is 0 Å². The summed E-state index contributed by atoms with van der Waals surface area (Å²) in [7, 11) is 3.76. The van der Waals surface area contributed by atoms with Gasteiger partial charge in [0.05, 0.1) is 13.2 Å². The largest absolute Gasteiger partial charge is 0.497 e. The van der Waals surface area contributed by atoms with Gasteiger partial charge in [0.1, 0.15) is 5.75 Å². The molecule has 0 bridgehead atoms. The van der Waals surface area contributed by atoms with Crippen LogP contribution in [0.15, 0.2) is 47.4 Å². The fourth-order valence-corrected chi connectivity index (χ4v) is 2.92. The number of aliphatic hydroxyl groups excluding tert-OH is 1. The third-order valence-electron chi connectivity index (χ3n) is 4.66. The number of rotatable bonds is 9. The number of hydrogen-bond donors (Lipinski definition) is 3. The van der Waals surface area contributed by atoms with E-state index >= 15 is 0 Å². The van der Waals surface area contributed by atoms with Gasteiger partial charge in [0.25, 0.3) is 0 Å². The van der Waals surface area contributed by atoms with E-state index in [1.54, 1.807) is 7.11 Å². The second kappa shape index (κ2) is 9.86. The number of aliphatic hydroxyl groups is 1. The zero-order chi connectivity index (χ0) is 19.1. The topological polar surface area (TPSA) is 44.7 Å². The Hall–Kier alpha value is -1.69. The van der Waals surface area contributed by atoms with Gasteiger partial charge in [0, 0.05) is 42.8 Å². The molecule has 0 saturated heterocycles. The molecule has 2 unspecified atom stereocenters. The predicted octanol–water partition coefficient (Wildman–Crippen LogP) is 3.83. The molecule has 0 amide bonds. The maximum absolute atomic E-state index is 10.4. The molecule has 0 spiro atoms. The molecular formula is C21H30N2O2S. The molecule has 0 saturated carbocycles. The molecule has 4 nitrogen and oxygen atoms in total. The van der Waals surface area contributed by atoms with E-state index in [1.165, 1.54) is 0 Å². The molecule has 0 heterocycles. The summed E-state index contributed by atoms with van der Waals surface area (Å²) in [6, 6.07) is 14.2. The molecule has 2 atom stereocenters. The standard InChI is InChI=1S/C21H30N2O2S/c1-15-12-17(8-9-21(15)26)20(24)14-22-16(2)10-11-23(3)18-6-5-7-19(13-18)25-4/h5-9,12-13,16,20,22,24,26H,10-11,14H2,1-4H3. The zero-order valence-corrected chi connectivity index (χ0v) is 17.0. The molecule has 0 aliphatic carbocycles. The van der Waals surface area contributed by atoms with E-state index < -0.39 is 6.10 Å². The monoisotopic (exact) mass is 374 g/mol. The maximum Gasteiger partial charge on any atom is 0.120 e. The lowest BCUT2D eigenvalue weighted by Crippen LogP contribution is -2.33. The summed E-state index contributed by atoms with van der Waals surface area (Å²) in [6.45, 7) is 5.61. The molecule has 0 aliphatic heterocycles. The molecular weight excluding hydrogens is 344 g/mol. The van der Waals surface area contributed by atoms with Gasteiger partial charge in [-0.3, -0.25) is 0 Å². The minimum atomic E-state index is -0.513. The number of ether oxygens (including phenoxy) is 1. The van der Waals surface area contributed by atoms with E-state index in [1.807, 2.05) is 43.3 Å². The van der Waals surface area contributed by atoms with Gasteiger partial charge < -0.3 is 20.1 Å². The highest BCUT2D eigenvalue weighted by Gasteiger charge is 2.11. The Morgan fingerprint density at radius 3 is 2.69 bits per heavy atom. The van der Waals surface area contributed by atoms with Crippen molar-refractivity contribution in [1.82, 2.24) is 5.32 Å². The summed E-state index contributed by atoms with van der Waals surface area (Å²) in [5, 5.41) is 13.8. The minimum Gasteiger partial charge on any atom is -0.497 e. The molecule has 0 aliphatic rings. The average molecular weight is 375 g/mol. The van der Waals surface area contributed by atoms with Crippen LogP contribution in [0.4, 0.5) is 5.69 Å². The van der Waals surface area contributed by atoms with Crippen molar-refractivity contribution < 1.29 is 9.84 Å². The lowest BCUT2D eigenvalue weighted by molar-refractivity contribution is 0.170. The van der Waals surface area contributed by atoms with E-state index in [9.17, 15) is 5.11 Å². The summed E-state index contributed by atoms with van der Waals surface area (Å²) in [5.41, 5.74) is 3.14. The Kier molecular flexibility index (Phi) is 7.82. The third-order valence-corrected chi connectivity index (χ3v) is 5.16. The van der Waals surface area contributed by atoms with Gasteiger partial charge in [-0.05, 0) is 49.6 Å². The van der Waals surface area contributed by atoms with Crippen molar-refractivity contribution in [2.24, 2.45) is 0 Å². The second-order valence-electron chi connectivity index (χ2n) is 6.78. The zero-order valence-electron chi connectivity index (χ0n) is 16.1. The van der Waals surface area contributed by atoms with Crippen LogP contribution in [-0.4, -0.2) is 38.4 Å². The molecule has 5 heteroatoms. The van der Waals surface area contributed by atoms with Gasteiger partial charge in [-0.15, -0.1) is 12.6 Å². The molecule has 0 fully saturated rings. The van der Waals surface area contributed by atoms with Crippen LogP contribution in [-0.2, 0) is 0 Å². The van der Waals surface area contributed by atoms with E-state index in [4.69, 9.17) is 4.74 Å². The Morgan fingerprint density at radius 1 is 1.23 bits per heavy atom. The molecule has 2 aromatic rings. The second-order valence-corrected chi connectivity index (χ2v) is 7.26. The highest BCUT2D eigenvalue weighted by Crippen LogP contribution is 2.21. The molecule has 2 aromatic carbocycles. The molecule has 142 valence electrons.